The SMILES string of the molecule is O=C(O[C@@H]1C[C@H]2C=C[C@@H]1C2)c1ccc([N+](=O)[O-])cc1. The number of benzene rings is 1. The van der Waals surface area contributed by atoms with E-state index in [1.165, 1.54) is 24.3 Å². The summed E-state index contributed by atoms with van der Waals surface area (Å²) in [6.45, 7) is 0. The van der Waals surface area contributed by atoms with Crippen molar-refractivity contribution in [1.29, 1.82) is 0 Å². The number of non-ortho nitro benzene ring substituents is 1. The topological polar surface area (TPSA) is 69.4 Å². The molecule has 0 heterocycles. The summed E-state index contributed by atoms with van der Waals surface area (Å²) in [6.07, 6.45) is 6.21. The molecular formula is C14H13NO4. The number of allylic oxidation sites excluding steroid dienone is 1. The van der Waals surface area contributed by atoms with Gasteiger partial charge in [-0.05, 0) is 30.9 Å². The fourth-order valence-corrected chi connectivity index (χ4v) is 2.79. The molecule has 5 nitrogen and oxygen atoms in total. The van der Waals surface area contributed by atoms with Gasteiger partial charge in [-0.2, -0.15) is 0 Å². The highest BCUT2D eigenvalue weighted by Gasteiger charge is 2.38. The van der Waals surface area contributed by atoms with Gasteiger partial charge in [0.1, 0.15) is 6.10 Å². The first-order valence-electron chi connectivity index (χ1n) is 6.27. The average molecular weight is 259 g/mol. The van der Waals surface area contributed by atoms with Gasteiger partial charge in [-0.15, -0.1) is 0 Å². The molecular weight excluding hydrogens is 246 g/mol. The zero-order chi connectivity index (χ0) is 13.4. The van der Waals surface area contributed by atoms with E-state index in [-0.39, 0.29) is 11.8 Å². The molecule has 5 heteroatoms. The second-order valence-corrected chi connectivity index (χ2v) is 5.03. The molecule has 0 N–H and O–H groups in total. The average Bonchev–Trinajstić information content (AvgIpc) is 3.01. The normalized spacial score (nSPS) is 27.5. The van der Waals surface area contributed by atoms with Crippen LogP contribution in [-0.2, 0) is 4.74 Å². The van der Waals surface area contributed by atoms with E-state index < -0.39 is 10.9 Å². The van der Waals surface area contributed by atoms with Gasteiger partial charge in [-0.25, -0.2) is 4.79 Å². The first-order chi connectivity index (χ1) is 9.13. The smallest absolute Gasteiger partial charge is 0.338 e. The van der Waals surface area contributed by atoms with E-state index in [9.17, 15) is 14.9 Å². The molecule has 0 aliphatic heterocycles. The third-order valence-electron chi connectivity index (χ3n) is 3.79. The highest BCUT2D eigenvalue weighted by atomic mass is 16.6. The summed E-state index contributed by atoms with van der Waals surface area (Å²) >= 11 is 0. The summed E-state index contributed by atoms with van der Waals surface area (Å²) in [5.74, 6) is 0.479. The minimum atomic E-state index is -0.490. The maximum Gasteiger partial charge on any atom is 0.338 e. The maximum absolute atomic E-state index is 11.9. The van der Waals surface area contributed by atoms with Crippen molar-refractivity contribution in [3.63, 3.8) is 0 Å². The Morgan fingerprint density at radius 2 is 1.95 bits per heavy atom. The molecule has 2 aliphatic carbocycles. The largest absolute Gasteiger partial charge is 0.458 e. The lowest BCUT2D eigenvalue weighted by molar-refractivity contribution is -0.384. The first kappa shape index (κ1) is 11.9. The van der Waals surface area contributed by atoms with Crippen molar-refractivity contribution in [2.24, 2.45) is 11.8 Å². The molecule has 19 heavy (non-hydrogen) atoms. The van der Waals surface area contributed by atoms with Crippen LogP contribution in [0.4, 0.5) is 5.69 Å². The predicted molar refractivity (Wildman–Crippen MR) is 67.7 cm³/mol. The Hall–Kier alpha value is -2.17. The van der Waals surface area contributed by atoms with Crippen LogP contribution in [0.2, 0.25) is 0 Å². The summed E-state index contributed by atoms with van der Waals surface area (Å²) in [7, 11) is 0. The Morgan fingerprint density at radius 3 is 2.47 bits per heavy atom. The molecule has 1 fully saturated rings. The van der Waals surface area contributed by atoms with E-state index in [2.05, 4.69) is 12.2 Å². The van der Waals surface area contributed by atoms with Gasteiger partial charge in [0.15, 0.2) is 0 Å². The fourth-order valence-electron chi connectivity index (χ4n) is 2.79. The molecule has 2 aliphatic rings. The van der Waals surface area contributed by atoms with Crippen molar-refractivity contribution in [3.8, 4) is 0 Å². The molecule has 2 bridgehead atoms. The Kier molecular flexibility index (Phi) is 2.81. The van der Waals surface area contributed by atoms with Crippen molar-refractivity contribution in [3.05, 3.63) is 52.1 Å². The Morgan fingerprint density at radius 1 is 1.21 bits per heavy atom. The van der Waals surface area contributed by atoms with Crippen LogP contribution in [0, 0.1) is 22.0 Å². The lowest BCUT2D eigenvalue weighted by atomic mass is 10.0. The van der Waals surface area contributed by atoms with Crippen molar-refractivity contribution in [2.75, 3.05) is 0 Å². The molecule has 1 saturated carbocycles. The van der Waals surface area contributed by atoms with Gasteiger partial charge < -0.3 is 4.74 Å². The van der Waals surface area contributed by atoms with E-state index in [1.54, 1.807) is 0 Å². The maximum atomic E-state index is 11.9. The Balaban J connectivity index is 1.67. The van der Waals surface area contributed by atoms with Gasteiger partial charge in [0.2, 0.25) is 0 Å². The zero-order valence-electron chi connectivity index (χ0n) is 10.2. The van der Waals surface area contributed by atoms with E-state index in [4.69, 9.17) is 4.74 Å². The van der Waals surface area contributed by atoms with Gasteiger partial charge >= 0.3 is 5.97 Å². The lowest BCUT2D eigenvalue weighted by Crippen LogP contribution is -2.22. The Bertz CT molecular complexity index is 549. The van der Waals surface area contributed by atoms with E-state index in [1.807, 2.05) is 0 Å². The third kappa shape index (κ3) is 2.23. The van der Waals surface area contributed by atoms with Gasteiger partial charge in [0.05, 0.1) is 10.5 Å². The quantitative estimate of drug-likeness (QED) is 0.362. The summed E-state index contributed by atoms with van der Waals surface area (Å²) in [5, 5.41) is 10.5. The molecule has 98 valence electrons. The molecule has 0 aromatic heterocycles. The molecule has 3 atom stereocenters. The van der Waals surface area contributed by atoms with Crippen molar-refractivity contribution in [2.45, 2.75) is 18.9 Å². The molecule has 0 radical (unpaired) electrons. The highest BCUT2D eigenvalue weighted by Crippen LogP contribution is 2.40. The number of hydrogen-bond donors (Lipinski definition) is 0. The number of hydrogen-bond acceptors (Lipinski definition) is 4. The number of ether oxygens (including phenoxy) is 1. The molecule has 0 unspecified atom stereocenters. The number of nitro groups is 1. The summed E-state index contributed by atoms with van der Waals surface area (Å²) in [5.41, 5.74) is 0.330. The number of carbonyl (C=O) groups excluding carboxylic acids is 1. The second-order valence-electron chi connectivity index (χ2n) is 5.03. The van der Waals surface area contributed by atoms with E-state index >= 15 is 0 Å². The predicted octanol–water partition coefficient (Wildman–Crippen LogP) is 2.72. The summed E-state index contributed by atoms with van der Waals surface area (Å²) in [4.78, 5) is 22.0. The van der Waals surface area contributed by atoms with Crippen LogP contribution in [0.5, 0.6) is 0 Å². The van der Waals surface area contributed by atoms with Gasteiger partial charge in [-0.1, -0.05) is 12.2 Å². The minimum Gasteiger partial charge on any atom is -0.458 e. The van der Waals surface area contributed by atoms with Gasteiger partial charge in [0, 0.05) is 18.1 Å². The standard InChI is InChI=1S/C14H13NO4/c16-14(10-3-5-12(6-4-10)15(17)18)19-13-8-9-1-2-11(13)7-9/h1-6,9,11,13H,7-8H2/t9-,11+,13+/m0/s1. The monoisotopic (exact) mass is 259 g/mol. The molecule has 3 rings (SSSR count). The molecule has 0 amide bonds. The van der Waals surface area contributed by atoms with E-state index in [0.29, 0.717) is 17.4 Å². The number of nitrogens with zero attached hydrogens (tertiary/aromatic N) is 1. The Labute approximate surface area is 110 Å². The van der Waals surface area contributed by atoms with Crippen LogP contribution in [0.3, 0.4) is 0 Å². The van der Waals surface area contributed by atoms with Crippen molar-refractivity contribution in [1.82, 2.24) is 0 Å². The van der Waals surface area contributed by atoms with Gasteiger partial charge in [0.25, 0.3) is 5.69 Å². The lowest BCUT2D eigenvalue weighted by Gasteiger charge is -2.18. The molecule has 0 spiro atoms. The van der Waals surface area contributed by atoms with E-state index in [0.717, 1.165) is 12.8 Å². The highest BCUT2D eigenvalue weighted by molar-refractivity contribution is 5.89. The number of rotatable bonds is 3. The third-order valence-corrected chi connectivity index (χ3v) is 3.79. The number of carbonyl (C=O) groups is 1. The minimum absolute atomic E-state index is 0.0283. The molecule has 1 aromatic rings. The second kappa shape index (κ2) is 4.50. The van der Waals surface area contributed by atoms with Crippen LogP contribution in [0.1, 0.15) is 23.2 Å². The van der Waals surface area contributed by atoms with Crippen LogP contribution < -0.4 is 0 Å². The van der Waals surface area contributed by atoms with Crippen molar-refractivity contribution >= 4 is 11.7 Å². The molecule has 1 aromatic carbocycles. The van der Waals surface area contributed by atoms with Gasteiger partial charge in [-0.3, -0.25) is 10.1 Å². The number of fused-ring (bicyclic) bond motifs is 2. The summed E-state index contributed by atoms with van der Waals surface area (Å²) < 4.78 is 5.47. The van der Waals surface area contributed by atoms with Crippen LogP contribution >= 0.6 is 0 Å². The fraction of sp³-hybridized carbons (Fsp3) is 0.357. The zero-order valence-corrected chi connectivity index (χ0v) is 10.2. The van der Waals surface area contributed by atoms with Crippen LogP contribution in [0.25, 0.3) is 0 Å². The van der Waals surface area contributed by atoms with Crippen LogP contribution in [0.15, 0.2) is 36.4 Å². The van der Waals surface area contributed by atoms with Crippen molar-refractivity contribution < 1.29 is 14.5 Å². The first-order valence-corrected chi connectivity index (χ1v) is 6.27. The summed E-state index contributed by atoms with van der Waals surface area (Å²) in [6, 6.07) is 5.50. The molecule has 0 saturated heterocycles. The van der Waals surface area contributed by atoms with Crippen LogP contribution in [-0.4, -0.2) is 17.0 Å². The number of esters is 1. The number of nitro benzene ring substituents is 1.